The molecule has 1 rings (SSSR count). The SMILES string of the molecule is CC1(C)OCC(COC(=O)CC#N)CO1. The van der Waals surface area contributed by atoms with Crippen LogP contribution >= 0.6 is 0 Å². The van der Waals surface area contributed by atoms with Crippen molar-refractivity contribution in [3.63, 3.8) is 0 Å². The quantitative estimate of drug-likeness (QED) is 0.650. The third-order valence-corrected chi connectivity index (χ3v) is 2.04. The van der Waals surface area contributed by atoms with Crippen LogP contribution in [0.5, 0.6) is 0 Å². The summed E-state index contributed by atoms with van der Waals surface area (Å²) in [6, 6.07) is 1.73. The van der Waals surface area contributed by atoms with Crippen LogP contribution in [0.3, 0.4) is 0 Å². The molecule has 5 heteroatoms. The van der Waals surface area contributed by atoms with Crippen molar-refractivity contribution in [2.75, 3.05) is 19.8 Å². The minimum Gasteiger partial charge on any atom is -0.464 e. The molecule has 1 aliphatic rings. The summed E-state index contributed by atoms with van der Waals surface area (Å²) in [7, 11) is 0. The van der Waals surface area contributed by atoms with Gasteiger partial charge in [0.1, 0.15) is 6.42 Å². The lowest BCUT2D eigenvalue weighted by molar-refractivity contribution is -0.265. The molecule has 1 aliphatic heterocycles. The van der Waals surface area contributed by atoms with Crippen LogP contribution in [-0.4, -0.2) is 31.6 Å². The Hall–Kier alpha value is -1.12. The second kappa shape index (κ2) is 5.10. The highest BCUT2D eigenvalue weighted by molar-refractivity contribution is 5.71. The second-order valence-corrected chi connectivity index (χ2v) is 3.91. The maximum Gasteiger partial charge on any atom is 0.320 e. The second-order valence-electron chi connectivity index (χ2n) is 3.91. The molecule has 0 radical (unpaired) electrons. The Morgan fingerprint density at radius 2 is 2.13 bits per heavy atom. The van der Waals surface area contributed by atoms with E-state index in [1.165, 1.54) is 0 Å². The predicted molar refractivity (Wildman–Crippen MR) is 50.7 cm³/mol. The molecule has 0 saturated carbocycles. The van der Waals surface area contributed by atoms with Crippen LogP contribution in [-0.2, 0) is 19.0 Å². The lowest BCUT2D eigenvalue weighted by Crippen LogP contribution is -2.41. The minimum atomic E-state index is -0.548. The van der Waals surface area contributed by atoms with E-state index in [1.807, 2.05) is 13.8 Å². The average molecular weight is 213 g/mol. The van der Waals surface area contributed by atoms with Gasteiger partial charge in [-0.05, 0) is 13.8 Å². The number of esters is 1. The van der Waals surface area contributed by atoms with Crippen LogP contribution in [0.2, 0.25) is 0 Å². The van der Waals surface area contributed by atoms with E-state index in [-0.39, 0.29) is 18.9 Å². The Morgan fingerprint density at radius 3 is 2.67 bits per heavy atom. The Morgan fingerprint density at radius 1 is 1.53 bits per heavy atom. The first kappa shape index (κ1) is 12.0. The number of rotatable bonds is 3. The molecule has 0 amide bonds. The largest absolute Gasteiger partial charge is 0.464 e. The van der Waals surface area contributed by atoms with Crippen molar-refractivity contribution in [3.8, 4) is 6.07 Å². The normalized spacial score (nSPS) is 20.6. The Balaban J connectivity index is 2.20. The highest BCUT2D eigenvalue weighted by Crippen LogP contribution is 2.20. The molecule has 0 bridgehead atoms. The van der Waals surface area contributed by atoms with Gasteiger partial charge in [-0.1, -0.05) is 0 Å². The van der Waals surface area contributed by atoms with Crippen LogP contribution in [0.4, 0.5) is 0 Å². The van der Waals surface area contributed by atoms with Crippen molar-refractivity contribution in [3.05, 3.63) is 0 Å². The fraction of sp³-hybridized carbons (Fsp3) is 0.800. The van der Waals surface area contributed by atoms with Gasteiger partial charge in [-0.3, -0.25) is 4.79 Å². The number of carbonyl (C=O) groups excluding carboxylic acids is 1. The lowest BCUT2D eigenvalue weighted by Gasteiger charge is -2.34. The molecule has 0 aromatic rings. The fourth-order valence-electron chi connectivity index (χ4n) is 1.15. The van der Waals surface area contributed by atoms with Crippen molar-refractivity contribution >= 4 is 5.97 Å². The summed E-state index contributed by atoms with van der Waals surface area (Å²) < 4.78 is 15.7. The third kappa shape index (κ3) is 4.28. The van der Waals surface area contributed by atoms with E-state index in [4.69, 9.17) is 19.5 Å². The van der Waals surface area contributed by atoms with E-state index in [1.54, 1.807) is 6.07 Å². The monoisotopic (exact) mass is 213 g/mol. The summed E-state index contributed by atoms with van der Waals surface area (Å²) in [5.41, 5.74) is 0. The lowest BCUT2D eigenvalue weighted by atomic mass is 10.1. The molecule has 1 saturated heterocycles. The molecule has 0 spiro atoms. The maximum absolute atomic E-state index is 10.9. The molecule has 0 aliphatic carbocycles. The average Bonchev–Trinajstić information content (AvgIpc) is 2.17. The Kier molecular flexibility index (Phi) is 4.06. The molecule has 15 heavy (non-hydrogen) atoms. The zero-order valence-electron chi connectivity index (χ0n) is 8.99. The highest BCUT2D eigenvalue weighted by Gasteiger charge is 2.28. The van der Waals surface area contributed by atoms with Gasteiger partial charge in [-0.25, -0.2) is 0 Å². The molecule has 0 unspecified atom stereocenters. The van der Waals surface area contributed by atoms with Crippen molar-refractivity contribution in [1.82, 2.24) is 0 Å². The van der Waals surface area contributed by atoms with Gasteiger partial charge < -0.3 is 14.2 Å². The molecule has 0 N–H and O–H groups in total. The van der Waals surface area contributed by atoms with Gasteiger partial charge in [0.15, 0.2) is 5.79 Å². The van der Waals surface area contributed by atoms with Crippen LogP contribution < -0.4 is 0 Å². The van der Waals surface area contributed by atoms with E-state index in [0.717, 1.165) is 0 Å². The minimum absolute atomic E-state index is 0.0562. The highest BCUT2D eigenvalue weighted by atomic mass is 16.7. The molecular weight excluding hydrogens is 198 g/mol. The molecule has 0 aromatic carbocycles. The first-order chi connectivity index (χ1) is 7.03. The summed E-state index contributed by atoms with van der Waals surface area (Å²) >= 11 is 0. The fourth-order valence-corrected chi connectivity index (χ4v) is 1.15. The Labute approximate surface area is 88.9 Å². The molecule has 5 nitrogen and oxygen atoms in total. The van der Waals surface area contributed by atoms with Crippen LogP contribution in [0.1, 0.15) is 20.3 Å². The molecule has 84 valence electrons. The van der Waals surface area contributed by atoms with Gasteiger partial charge in [0.05, 0.1) is 25.9 Å². The Bertz CT molecular complexity index is 259. The predicted octanol–water partition coefficient (Wildman–Crippen LogP) is 0.842. The number of ether oxygens (including phenoxy) is 3. The topological polar surface area (TPSA) is 68.5 Å². The van der Waals surface area contributed by atoms with Gasteiger partial charge in [-0.2, -0.15) is 5.26 Å². The van der Waals surface area contributed by atoms with Crippen molar-refractivity contribution in [2.24, 2.45) is 5.92 Å². The van der Waals surface area contributed by atoms with Crippen molar-refractivity contribution in [2.45, 2.75) is 26.1 Å². The van der Waals surface area contributed by atoms with Gasteiger partial charge in [0.25, 0.3) is 0 Å². The van der Waals surface area contributed by atoms with Crippen LogP contribution in [0.25, 0.3) is 0 Å². The van der Waals surface area contributed by atoms with Gasteiger partial charge >= 0.3 is 5.97 Å². The maximum atomic E-state index is 10.9. The van der Waals surface area contributed by atoms with Crippen LogP contribution in [0, 0.1) is 17.2 Å². The van der Waals surface area contributed by atoms with Gasteiger partial charge in [-0.15, -0.1) is 0 Å². The van der Waals surface area contributed by atoms with E-state index < -0.39 is 11.8 Å². The number of nitriles is 1. The van der Waals surface area contributed by atoms with Crippen molar-refractivity contribution < 1.29 is 19.0 Å². The molecular formula is C10H15NO4. The van der Waals surface area contributed by atoms with E-state index in [0.29, 0.717) is 13.2 Å². The summed E-state index contributed by atoms with van der Waals surface area (Å²) in [6.45, 7) is 4.94. The van der Waals surface area contributed by atoms with Crippen LogP contribution in [0.15, 0.2) is 0 Å². The first-order valence-electron chi connectivity index (χ1n) is 4.84. The molecule has 0 atom stereocenters. The van der Waals surface area contributed by atoms with Gasteiger partial charge in [0, 0.05) is 5.92 Å². The smallest absolute Gasteiger partial charge is 0.320 e. The summed E-state index contributed by atoms with van der Waals surface area (Å²) in [5, 5.41) is 8.24. The number of hydrogen-bond donors (Lipinski definition) is 0. The van der Waals surface area contributed by atoms with Crippen molar-refractivity contribution in [1.29, 1.82) is 5.26 Å². The summed E-state index contributed by atoms with van der Waals surface area (Å²) in [4.78, 5) is 10.9. The summed E-state index contributed by atoms with van der Waals surface area (Å²) in [5.74, 6) is -0.990. The van der Waals surface area contributed by atoms with Gasteiger partial charge in [0.2, 0.25) is 0 Å². The zero-order chi connectivity index (χ0) is 11.3. The van der Waals surface area contributed by atoms with E-state index in [9.17, 15) is 4.79 Å². The first-order valence-corrected chi connectivity index (χ1v) is 4.84. The van der Waals surface area contributed by atoms with E-state index >= 15 is 0 Å². The number of nitrogens with zero attached hydrogens (tertiary/aromatic N) is 1. The molecule has 0 aromatic heterocycles. The molecule has 1 heterocycles. The number of hydrogen-bond acceptors (Lipinski definition) is 5. The number of carbonyl (C=O) groups is 1. The molecule has 1 fully saturated rings. The van der Waals surface area contributed by atoms with E-state index in [2.05, 4.69) is 0 Å². The summed E-state index contributed by atoms with van der Waals surface area (Å²) in [6.07, 6.45) is -0.208. The third-order valence-electron chi connectivity index (χ3n) is 2.04. The zero-order valence-corrected chi connectivity index (χ0v) is 8.99. The standard InChI is InChI=1S/C10H15NO4/c1-10(2)14-6-8(7-15-10)5-13-9(12)3-4-11/h8H,3,5-7H2,1-2H3.